The first-order valence-corrected chi connectivity index (χ1v) is 6.80. The Morgan fingerprint density at radius 2 is 2.16 bits per heavy atom. The van der Waals surface area contributed by atoms with E-state index >= 15 is 0 Å². The van der Waals surface area contributed by atoms with Gasteiger partial charge < -0.3 is 14.8 Å². The maximum absolute atomic E-state index is 10.4. The predicted octanol–water partition coefficient (Wildman–Crippen LogP) is 1.84. The normalized spacial score (nSPS) is 18.8. The number of aromatic nitrogens is 1. The molecule has 0 aliphatic carbocycles. The van der Waals surface area contributed by atoms with Crippen LogP contribution >= 0.6 is 0 Å². The SMILES string of the molecule is Cc1ccc2[nH]cc([C@@H](O)CN3CCOCC3)c2c1. The van der Waals surface area contributed by atoms with Crippen molar-refractivity contribution in [3.63, 3.8) is 0 Å². The molecule has 19 heavy (non-hydrogen) atoms. The van der Waals surface area contributed by atoms with Gasteiger partial charge in [-0.25, -0.2) is 0 Å². The molecule has 1 atom stereocenters. The van der Waals surface area contributed by atoms with E-state index in [-0.39, 0.29) is 0 Å². The number of aromatic amines is 1. The lowest BCUT2D eigenvalue weighted by Crippen LogP contribution is -2.38. The zero-order chi connectivity index (χ0) is 13.2. The van der Waals surface area contributed by atoms with Crippen LogP contribution in [0.1, 0.15) is 17.2 Å². The fraction of sp³-hybridized carbons (Fsp3) is 0.467. The van der Waals surface area contributed by atoms with Crippen LogP contribution in [-0.4, -0.2) is 47.8 Å². The highest BCUT2D eigenvalue weighted by Gasteiger charge is 2.18. The van der Waals surface area contributed by atoms with Gasteiger partial charge >= 0.3 is 0 Å². The van der Waals surface area contributed by atoms with E-state index in [2.05, 4.69) is 35.0 Å². The van der Waals surface area contributed by atoms with Gasteiger partial charge in [-0.05, 0) is 19.1 Å². The van der Waals surface area contributed by atoms with Crippen molar-refractivity contribution in [3.05, 3.63) is 35.5 Å². The maximum atomic E-state index is 10.4. The zero-order valence-corrected chi connectivity index (χ0v) is 11.2. The third kappa shape index (κ3) is 2.66. The van der Waals surface area contributed by atoms with Gasteiger partial charge in [0, 0.05) is 42.3 Å². The fourth-order valence-electron chi connectivity index (χ4n) is 2.66. The molecule has 0 radical (unpaired) electrons. The molecule has 0 saturated carbocycles. The number of β-amino-alcohol motifs (C(OH)–C–C–N with tert-alkyl or cyclic N) is 1. The van der Waals surface area contributed by atoms with Crippen molar-refractivity contribution in [3.8, 4) is 0 Å². The number of ether oxygens (including phenoxy) is 1. The maximum Gasteiger partial charge on any atom is 0.0937 e. The van der Waals surface area contributed by atoms with E-state index in [4.69, 9.17) is 4.74 Å². The molecule has 0 spiro atoms. The summed E-state index contributed by atoms with van der Waals surface area (Å²) in [7, 11) is 0. The molecule has 2 aromatic rings. The van der Waals surface area contributed by atoms with Crippen molar-refractivity contribution in [2.75, 3.05) is 32.8 Å². The highest BCUT2D eigenvalue weighted by molar-refractivity contribution is 5.84. The van der Waals surface area contributed by atoms with Gasteiger partial charge in [-0.2, -0.15) is 0 Å². The molecule has 1 aliphatic rings. The first-order chi connectivity index (χ1) is 9.24. The number of aryl methyl sites for hydroxylation is 1. The van der Waals surface area contributed by atoms with Crippen molar-refractivity contribution >= 4 is 10.9 Å². The standard InChI is InChI=1S/C15H20N2O2/c1-11-2-3-14-12(8-11)13(9-16-14)15(18)10-17-4-6-19-7-5-17/h2-3,8-9,15-16,18H,4-7,10H2,1H3/t15-/m0/s1. The first kappa shape index (κ1) is 12.7. The smallest absolute Gasteiger partial charge is 0.0937 e. The van der Waals surface area contributed by atoms with Crippen LogP contribution in [0.4, 0.5) is 0 Å². The molecule has 1 aromatic heterocycles. The van der Waals surface area contributed by atoms with Gasteiger partial charge in [0.2, 0.25) is 0 Å². The lowest BCUT2D eigenvalue weighted by molar-refractivity contribution is 0.0146. The van der Waals surface area contributed by atoms with E-state index in [1.807, 2.05) is 6.20 Å². The Labute approximate surface area is 113 Å². The summed E-state index contributed by atoms with van der Waals surface area (Å²) in [5, 5.41) is 11.6. The number of nitrogens with one attached hydrogen (secondary N) is 1. The van der Waals surface area contributed by atoms with Crippen LogP contribution in [0.3, 0.4) is 0 Å². The largest absolute Gasteiger partial charge is 0.387 e. The molecule has 2 N–H and O–H groups in total. The molecule has 1 aliphatic heterocycles. The summed E-state index contributed by atoms with van der Waals surface area (Å²) in [4.78, 5) is 5.48. The second kappa shape index (κ2) is 5.33. The van der Waals surface area contributed by atoms with Gasteiger partial charge in [-0.15, -0.1) is 0 Å². The second-order valence-electron chi connectivity index (χ2n) is 5.22. The van der Waals surface area contributed by atoms with Crippen LogP contribution in [0, 0.1) is 6.92 Å². The van der Waals surface area contributed by atoms with Crippen molar-refractivity contribution in [1.29, 1.82) is 0 Å². The Bertz CT molecular complexity index is 558. The van der Waals surface area contributed by atoms with Gasteiger partial charge in [-0.1, -0.05) is 11.6 Å². The van der Waals surface area contributed by atoms with Crippen LogP contribution in [0.25, 0.3) is 10.9 Å². The number of aliphatic hydroxyl groups excluding tert-OH is 1. The molecule has 3 rings (SSSR count). The average molecular weight is 260 g/mol. The Hall–Kier alpha value is -1.36. The number of benzene rings is 1. The van der Waals surface area contributed by atoms with E-state index in [9.17, 15) is 5.11 Å². The molecule has 0 unspecified atom stereocenters. The zero-order valence-electron chi connectivity index (χ0n) is 11.2. The topological polar surface area (TPSA) is 48.5 Å². The van der Waals surface area contributed by atoms with Crippen molar-refractivity contribution in [2.45, 2.75) is 13.0 Å². The van der Waals surface area contributed by atoms with E-state index in [1.165, 1.54) is 5.56 Å². The Morgan fingerprint density at radius 1 is 1.37 bits per heavy atom. The van der Waals surface area contributed by atoms with Crippen molar-refractivity contribution < 1.29 is 9.84 Å². The predicted molar refractivity (Wildman–Crippen MR) is 75.3 cm³/mol. The molecular weight excluding hydrogens is 240 g/mol. The van der Waals surface area contributed by atoms with Crippen LogP contribution in [-0.2, 0) is 4.74 Å². The van der Waals surface area contributed by atoms with Crippen LogP contribution in [0.2, 0.25) is 0 Å². The Balaban J connectivity index is 1.80. The van der Waals surface area contributed by atoms with E-state index in [0.717, 1.165) is 42.8 Å². The molecule has 4 heteroatoms. The third-order valence-corrected chi connectivity index (χ3v) is 3.76. The summed E-state index contributed by atoms with van der Waals surface area (Å²) in [6.07, 6.45) is 1.48. The molecule has 1 fully saturated rings. The number of fused-ring (bicyclic) bond motifs is 1. The summed E-state index contributed by atoms with van der Waals surface area (Å²) in [6, 6.07) is 6.27. The lowest BCUT2D eigenvalue weighted by atomic mass is 10.1. The summed E-state index contributed by atoms with van der Waals surface area (Å²) in [5.41, 5.74) is 3.29. The molecule has 4 nitrogen and oxygen atoms in total. The monoisotopic (exact) mass is 260 g/mol. The number of aliphatic hydroxyl groups is 1. The summed E-state index contributed by atoms with van der Waals surface area (Å²) < 4.78 is 5.33. The second-order valence-corrected chi connectivity index (χ2v) is 5.22. The van der Waals surface area contributed by atoms with Gasteiger partial charge in [0.05, 0.1) is 19.3 Å². The Morgan fingerprint density at radius 3 is 2.95 bits per heavy atom. The van der Waals surface area contributed by atoms with Crippen molar-refractivity contribution in [1.82, 2.24) is 9.88 Å². The molecule has 102 valence electrons. The van der Waals surface area contributed by atoms with Crippen LogP contribution in [0.5, 0.6) is 0 Å². The van der Waals surface area contributed by atoms with Crippen molar-refractivity contribution in [2.24, 2.45) is 0 Å². The Kier molecular flexibility index (Phi) is 3.55. The number of hydrogen-bond acceptors (Lipinski definition) is 3. The van der Waals surface area contributed by atoms with E-state index in [0.29, 0.717) is 6.54 Å². The molecule has 0 bridgehead atoms. The number of hydrogen-bond donors (Lipinski definition) is 2. The lowest BCUT2D eigenvalue weighted by Gasteiger charge is -2.28. The molecule has 2 heterocycles. The minimum Gasteiger partial charge on any atom is -0.387 e. The van der Waals surface area contributed by atoms with Gasteiger partial charge in [0.1, 0.15) is 0 Å². The molecule has 1 aromatic carbocycles. The number of H-pyrrole nitrogens is 1. The highest BCUT2D eigenvalue weighted by Crippen LogP contribution is 2.25. The van der Waals surface area contributed by atoms with E-state index in [1.54, 1.807) is 0 Å². The number of nitrogens with zero attached hydrogens (tertiary/aromatic N) is 1. The van der Waals surface area contributed by atoms with Crippen LogP contribution < -0.4 is 0 Å². The van der Waals surface area contributed by atoms with Gasteiger partial charge in [-0.3, -0.25) is 4.90 Å². The summed E-state index contributed by atoms with van der Waals surface area (Å²) in [5.74, 6) is 0. The molecular formula is C15H20N2O2. The fourth-order valence-corrected chi connectivity index (χ4v) is 2.66. The van der Waals surface area contributed by atoms with Crippen LogP contribution in [0.15, 0.2) is 24.4 Å². The van der Waals surface area contributed by atoms with Gasteiger partial charge in [0.25, 0.3) is 0 Å². The molecule has 0 amide bonds. The van der Waals surface area contributed by atoms with Gasteiger partial charge in [0.15, 0.2) is 0 Å². The molecule has 1 saturated heterocycles. The number of morpholine rings is 1. The third-order valence-electron chi connectivity index (χ3n) is 3.76. The number of rotatable bonds is 3. The first-order valence-electron chi connectivity index (χ1n) is 6.80. The minimum atomic E-state index is -0.450. The summed E-state index contributed by atoms with van der Waals surface area (Å²) >= 11 is 0. The minimum absolute atomic E-state index is 0.450. The summed E-state index contributed by atoms with van der Waals surface area (Å²) in [6.45, 7) is 6.07. The highest BCUT2D eigenvalue weighted by atomic mass is 16.5. The van der Waals surface area contributed by atoms with E-state index < -0.39 is 6.10 Å². The average Bonchev–Trinajstić information content (AvgIpc) is 2.82. The quantitative estimate of drug-likeness (QED) is 0.885.